The summed E-state index contributed by atoms with van der Waals surface area (Å²) in [5.74, 6) is -2.48. The van der Waals surface area contributed by atoms with Gasteiger partial charge in [0.05, 0.1) is 12.6 Å². The van der Waals surface area contributed by atoms with Gasteiger partial charge in [0.2, 0.25) is 5.91 Å². The van der Waals surface area contributed by atoms with E-state index in [1.807, 2.05) is 0 Å². The lowest BCUT2D eigenvalue weighted by Gasteiger charge is -2.17. The maximum atomic E-state index is 11.6. The van der Waals surface area contributed by atoms with Gasteiger partial charge in [0, 0.05) is 5.56 Å². The number of carboxylic acids is 1. The van der Waals surface area contributed by atoms with Crippen LogP contribution in [0.4, 0.5) is 0 Å². The van der Waals surface area contributed by atoms with E-state index in [1.165, 1.54) is 6.92 Å². The van der Waals surface area contributed by atoms with Crippen LogP contribution in [0.1, 0.15) is 17.3 Å². The zero-order valence-electron chi connectivity index (χ0n) is 10.9. The molecule has 4 N–H and O–H groups in total. The van der Waals surface area contributed by atoms with Crippen molar-refractivity contribution in [2.75, 3.05) is 6.54 Å². The third-order valence-corrected chi connectivity index (χ3v) is 2.51. The molecule has 0 heterocycles. The molecule has 2 atom stereocenters. The van der Waals surface area contributed by atoms with Crippen LogP contribution in [0.5, 0.6) is 0 Å². The van der Waals surface area contributed by atoms with Crippen LogP contribution in [-0.2, 0) is 9.59 Å². The first-order valence-corrected chi connectivity index (χ1v) is 5.95. The van der Waals surface area contributed by atoms with Gasteiger partial charge in [0.1, 0.15) is 0 Å². The minimum atomic E-state index is -1.41. The first-order valence-electron chi connectivity index (χ1n) is 5.95. The van der Waals surface area contributed by atoms with Crippen molar-refractivity contribution >= 4 is 17.8 Å². The summed E-state index contributed by atoms with van der Waals surface area (Å²) in [4.78, 5) is 33.9. The molecular weight excluding hydrogens is 264 g/mol. The molecule has 2 unspecified atom stereocenters. The minimum absolute atomic E-state index is 0.371. The summed E-state index contributed by atoms with van der Waals surface area (Å²) in [5, 5.41) is 22.5. The lowest BCUT2D eigenvalue weighted by molar-refractivity contribution is -0.144. The van der Waals surface area contributed by atoms with Gasteiger partial charge in [-0.1, -0.05) is 18.2 Å². The van der Waals surface area contributed by atoms with Gasteiger partial charge < -0.3 is 20.8 Å². The van der Waals surface area contributed by atoms with Gasteiger partial charge in [-0.2, -0.15) is 0 Å². The zero-order valence-corrected chi connectivity index (χ0v) is 10.9. The summed E-state index contributed by atoms with van der Waals surface area (Å²) in [5.41, 5.74) is 0.394. The Labute approximate surface area is 115 Å². The molecule has 0 aromatic heterocycles. The lowest BCUT2D eigenvalue weighted by atomic mass is 10.2. The van der Waals surface area contributed by atoms with E-state index in [9.17, 15) is 19.5 Å². The summed E-state index contributed by atoms with van der Waals surface area (Å²) in [6.45, 7) is 0.881. The molecule has 1 aromatic rings. The van der Waals surface area contributed by atoms with Gasteiger partial charge in [-0.05, 0) is 19.1 Å². The van der Waals surface area contributed by atoms with Crippen LogP contribution in [0.15, 0.2) is 30.3 Å². The SMILES string of the molecule is CC(O)C(NC(=O)CNC(=O)c1ccccc1)C(=O)O. The van der Waals surface area contributed by atoms with Crippen molar-refractivity contribution in [1.82, 2.24) is 10.6 Å². The van der Waals surface area contributed by atoms with E-state index in [4.69, 9.17) is 5.11 Å². The number of nitrogens with one attached hydrogen (secondary N) is 2. The standard InChI is InChI=1S/C13H16N2O5/c1-8(16)11(13(19)20)15-10(17)7-14-12(18)9-5-3-2-4-6-9/h2-6,8,11,16H,7H2,1H3,(H,14,18)(H,15,17)(H,19,20). The van der Waals surface area contributed by atoms with Crippen LogP contribution >= 0.6 is 0 Å². The van der Waals surface area contributed by atoms with E-state index in [-0.39, 0.29) is 6.54 Å². The quantitative estimate of drug-likeness (QED) is 0.553. The van der Waals surface area contributed by atoms with Gasteiger partial charge >= 0.3 is 5.97 Å². The highest BCUT2D eigenvalue weighted by Crippen LogP contribution is 1.97. The van der Waals surface area contributed by atoms with Crippen LogP contribution in [0.3, 0.4) is 0 Å². The van der Waals surface area contributed by atoms with Crippen LogP contribution in [-0.4, -0.2) is 46.7 Å². The third kappa shape index (κ3) is 4.69. The minimum Gasteiger partial charge on any atom is -0.480 e. The van der Waals surface area contributed by atoms with Crippen molar-refractivity contribution in [2.24, 2.45) is 0 Å². The number of carbonyl (C=O) groups excluding carboxylic acids is 2. The van der Waals surface area contributed by atoms with E-state index >= 15 is 0 Å². The number of rotatable bonds is 6. The van der Waals surface area contributed by atoms with Crippen LogP contribution in [0.25, 0.3) is 0 Å². The first kappa shape index (κ1) is 15.6. The monoisotopic (exact) mass is 280 g/mol. The number of aliphatic carboxylic acids is 1. The van der Waals surface area contributed by atoms with E-state index in [1.54, 1.807) is 30.3 Å². The molecule has 0 spiro atoms. The Hall–Kier alpha value is -2.41. The normalized spacial score (nSPS) is 13.1. The lowest BCUT2D eigenvalue weighted by Crippen LogP contribution is -2.50. The van der Waals surface area contributed by atoms with Crippen LogP contribution in [0.2, 0.25) is 0 Å². The second-order valence-electron chi connectivity index (χ2n) is 4.17. The predicted molar refractivity (Wildman–Crippen MR) is 70.0 cm³/mol. The number of hydrogen-bond donors (Lipinski definition) is 4. The fourth-order valence-electron chi connectivity index (χ4n) is 1.47. The second kappa shape index (κ2) is 7.25. The van der Waals surface area contributed by atoms with Gasteiger partial charge in [-0.15, -0.1) is 0 Å². The van der Waals surface area contributed by atoms with Gasteiger partial charge in [0.15, 0.2) is 6.04 Å². The number of aliphatic hydroxyl groups excluding tert-OH is 1. The maximum absolute atomic E-state index is 11.6. The molecule has 0 aliphatic rings. The highest BCUT2D eigenvalue weighted by atomic mass is 16.4. The average Bonchev–Trinajstić information content (AvgIpc) is 2.42. The highest BCUT2D eigenvalue weighted by molar-refractivity contribution is 5.96. The van der Waals surface area contributed by atoms with Gasteiger partial charge in [-0.25, -0.2) is 4.79 Å². The van der Waals surface area contributed by atoms with Crippen LogP contribution in [0, 0.1) is 0 Å². The van der Waals surface area contributed by atoms with E-state index in [0.29, 0.717) is 5.56 Å². The number of amides is 2. The summed E-state index contributed by atoms with van der Waals surface area (Å²) in [6, 6.07) is 6.89. The fourth-order valence-corrected chi connectivity index (χ4v) is 1.47. The average molecular weight is 280 g/mol. The van der Waals surface area contributed by atoms with Gasteiger partial charge in [-0.3, -0.25) is 9.59 Å². The molecule has 108 valence electrons. The van der Waals surface area contributed by atoms with Crippen LogP contribution < -0.4 is 10.6 Å². The van der Waals surface area contributed by atoms with Crippen molar-refractivity contribution in [2.45, 2.75) is 19.1 Å². The Kier molecular flexibility index (Phi) is 5.67. The summed E-state index contributed by atoms with van der Waals surface area (Å²) >= 11 is 0. The molecule has 20 heavy (non-hydrogen) atoms. The molecule has 7 nitrogen and oxygen atoms in total. The molecule has 0 bridgehead atoms. The molecule has 0 aliphatic carbocycles. The van der Waals surface area contributed by atoms with E-state index < -0.39 is 29.9 Å². The summed E-state index contributed by atoms with van der Waals surface area (Å²) in [7, 11) is 0. The largest absolute Gasteiger partial charge is 0.480 e. The Balaban J connectivity index is 2.47. The molecule has 7 heteroatoms. The molecular formula is C13H16N2O5. The Morgan fingerprint density at radius 1 is 1.20 bits per heavy atom. The first-order chi connectivity index (χ1) is 9.41. The van der Waals surface area contributed by atoms with E-state index in [2.05, 4.69) is 10.6 Å². The molecule has 1 aromatic carbocycles. The van der Waals surface area contributed by atoms with Crippen molar-refractivity contribution in [3.8, 4) is 0 Å². The molecule has 0 fully saturated rings. The van der Waals surface area contributed by atoms with Crippen molar-refractivity contribution in [3.63, 3.8) is 0 Å². The topological polar surface area (TPSA) is 116 Å². The Morgan fingerprint density at radius 2 is 1.80 bits per heavy atom. The molecule has 1 rings (SSSR count). The van der Waals surface area contributed by atoms with Gasteiger partial charge in [0.25, 0.3) is 5.91 Å². The molecule has 0 saturated heterocycles. The molecule has 2 amide bonds. The Bertz CT molecular complexity index is 487. The number of benzene rings is 1. The number of hydrogen-bond acceptors (Lipinski definition) is 4. The number of carbonyl (C=O) groups is 3. The highest BCUT2D eigenvalue weighted by Gasteiger charge is 2.24. The summed E-state index contributed by atoms with van der Waals surface area (Å²) < 4.78 is 0. The van der Waals surface area contributed by atoms with Crippen molar-refractivity contribution in [3.05, 3.63) is 35.9 Å². The fraction of sp³-hybridized carbons (Fsp3) is 0.308. The molecule has 0 radical (unpaired) electrons. The molecule has 0 saturated carbocycles. The Morgan fingerprint density at radius 3 is 2.30 bits per heavy atom. The third-order valence-electron chi connectivity index (χ3n) is 2.51. The summed E-state index contributed by atoms with van der Waals surface area (Å²) in [6.07, 6.45) is -1.23. The number of aliphatic hydroxyl groups is 1. The smallest absolute Gasteiger partial charge is 0.328 e. The predicted octanol–water partition coefficient (Wildman–Crippen LogP) is -0.633. The number of carboxylic acid groups (broad SMARTS) is 1. The van der Waals surface area contributed by atoms with Crippen molar-refractivity contribution in [1.29, 1.82) is 0 Å². The molecule has 0 aliphatic heterocycles. The van der Waals surface area contributed by atoms with Crippen molar-refractivity contribution < 1.29 is 24.6 Å². The van der Waals surface area contributed by atoms with E-state index in [0.717, 1.165) is 0 Å². The second-order valence-corrected chi connectivity index (χ2v) is 4.17. The maximum Gasteiger partial charge on any atom is 0.328 e. The zero-order chi connectivity index (χ0) is 15.1.